The summed E-state index contributed by atoms with van der Waals surface area (Å²) in [7, 11) is 0. The van der Waals surface area contributed by atoms with E-state index in [-0.39, 0.29) is 24.0 Å². The number of halogens is 1. The number of hydrogen-bond donors (Lipinski definition) is 0. The second kappa shape index (κ2) is 6.48. The van der Waals surface area contributed by atoms with Crippen molar-refractivity contribution in [2.45, 2.75) is 58.2 Å². The molecule has 25 heavy (non-hydrogen) atoms. The molecule has 6 nitrogen and oxygen atoms in total. The van der Waals surface area contributed by atoms with Gasteiger partial charge in [0, 0.05) is 13.1 Å². The van der Waals surface area contributed by atoms with Crippen LogP contribution in [0.1, 0.15) is 50.9 Å². The zero-order valence-corrected chi connectivity index (χ0v) is 15.8. The predicted molar refractivity (Wildman–Crippen MR) is 96.3 cm³/mol. The van der Waals surface area contributed by atoms with Crippen molar-refractivity contribution in [3.63, 3.8) is 0 Å². The highest BCUT2D eigenvalue weighted by molar-refractivity contribution is 6.29. The van der Waals surface area contributed by atoms with Gasteiger partial charge in [-0.05, 0) is 52.7 Å². The lowest BCUT2D eigenvalue weighted by molar-refractivity contribution is 0.0228. The number of ketones is 1. The molecule has 2 aliphatic heterocycles. The van der Waals surface area contributed by atoms with E-state index in [1.807, 2.05) is 25.7 Å². The minimum absolute atomic E-state index is 0.0374. The Morgan fingerprint density at radius 2 is 1.88 bits per heavy atom. The molecule has 0 aromatic carbocycles. The number of nitrogens with zero attached hydrogens (tertiary/aromatic N) is 3. The highest BCUT2D eigenvalue weighted by atomic mass is 35.5. The van der Waals surface area contributed by atoms with Crippen molar-refractivity contribution in [2.24, 2.45) is 0 Å². The molecular formula is C18H24ClN3O3. The quantitative estimate of drug-likeness (QED) is 0.592. The van der Waals surface area contributed by atoms with Crippen molar-refractivity contribution in [1.29, 1.82) is 0 Å². The number of carbonyl (C=O) groups excluding carboxylic acids is 2. The first-order chi connectivity index (χ1) is 11.7. The summed E-state index contributed by atoms with van der Waals surface area (Å²) < 4.78 is 5.53. The van der Waals surface area contributed by atoms with Gasteiger partial charge in [0.2, 0.25) is 0 Å². The molecule has 2 aliphatic rings. The van der Waals surface area contributed by atoms with Gasteiger partial charge < -0.3 is 14.5 Å². The second-order valence-corrected chi connectivity index (χ2v) is 8.03. The molecule has 2 saturated heterocycles. The Labute approximate surface area is 153 Å². The van der Waals surface area contributed by atoms with Crippen LogP contribution in [0.4, 0.5) is 10.6 Å². The molecule has 0 unspecified atom stereocenters. The highest BCUT2D eigenvalue weighted by Gasteiger charge is 2.46. The molecule has 7 heteroatoms. The van der Waals surface area contributed by atoms with Crippen molar-refractivity contribution in [1.82, 2.24) is 9.88 Å². The van der Waals surface area contributed by atoms with Gasteiger partial charge in [0.05, 0.1) is 17.6 Å². The minimum atomic E-state index is -0.510. The van der Waals surface area contributed by atoms with Crippen LogP contribution in [0.25, 0.3) is 0 Å². The van der Waals surface area contributed by atoms with E-state index in [1.54, 1.807) is 12.1 Å². The fourth-order valence-corrected chi connectivity index (χ4v) is 3.86. The molecule has 2 atom stereocenters. The SMILES string of the molecule is CC(=O)c1ccc(Cl)nc1N1CC[C@H]2[C@H]1CCN2C(=O)OC(C)(C)C. The highest BCUT2D eigenvalue weighted by Crippen LogP contribution is 2.37. The van der Waals surface area contributed by atoms with Gasteiger partial charge in [-0.15, -0.1) is 0 Å². The zero-order chi connectivity index (χ0) is 18.4. The van der Waals surface area contributed by atoms with E-state index in [9.17, 15) is 9.59 Å². The Balaban J connectivity index is 1.82. The van der Waals surface area contributed by atoms with Crippen LogP contribution in [-0.2, 0) is 4.74 Å². The number of Topliss-reactive ketones (excluding diaryl/α,β-unsaturated/α-hetero) is 1. The first kappa shape index (κ1) is 18.0. The predicted octanol–water partition coefficient (Wildman–Crippen LogP) is 3.53. The Morgan fingerprint density at radius 3 is 2.52 bits per heavy atom. The van der Waals surface area contributed by atoms with E-state index in [0.29, 0.717) is 23.1 Å². The van der Waals surface area contributed by atoms with Gasteiger partial charge >= 0.3 is 6.09 Å². The number of likely N-dealkylation sites (tertiary alicyclic amines) is 1. The molecule has 2 fully saturated rings. The van der Waals surface area contributed by atoms with Crippen LogP contribution in [0, 0.1) is 0 Å². The summed E-state index contributed by atoms with van der Waals surface area (Å²) >= 11 is 6.06. The van der Waals surface area contributed by atoms with E-state index >= 15 is 0 Å². The molecule has 0 N–H and O–H groups in total. The molecule has 3 rings (SSSR count). The van der Waals surface area contributed by atoms with E-state index < -0.39 is 5.60 Å². The van der Waals surface area contributed by atoms with E-state index in [0.717, 1.165) is 19.4 Å². The Morgan fingerprint density at radius 1 is 1.20 bits per heavy atom. The number of hydrogen-bond acceptors (Lipinski definition) is 5. The van der Waals surface area contributed by atoms with Crippen molar-refractivity contribution < 1.29 is 14.3 Å². The van der Waals surface area contributed by atoms with Gasteiger partial charge in [-0.1, -0.05) is 11.6 Å². The normalized spacial score (nSPS) is 22.9. The third-order valence-electron chi connectivity index (χ3n) is 4.70. The average molecular weight is 366 g/mol. The number of aromatic nitrogens is 1. The number of rotatable bonds is 2. The smallest absolute Gasteiger partial charge is 0.410 e. The standard InChI is InChI=1S/C18H24ClN3O3/c1-11(23)12-5-6-15(19)20-16(12)21-9-7-14-13(21)8-10-22(14)17(24)25-18(2,3)4/h5-6,13-14H,7-10H2,1-4H3/t13-,14+/m1/s1. The largest absolute Gasteiger partial charge is 0.444 e. The summed E-state index contributed by atoms with van der Waals surface area (Å²) in [5.74, 6) is 0.586. The fraction of sp³-hybridized carbons (Fsp3) is 0.611. The van der Waals surface area contributed by atoms with E-state index in [1.165, 1.54) is 6.92 Å². The Kier molecular flexibility index (Phi) is 4.66. The molecule has 0 radical (unpaired) electrons. The molecule has 0 spiro atoms. The van der Waals surface area contributed by atoms with Gasteiger partial charge in [0.1, 0.15) is 16.6 Å². The summed E-state index contributed by atoms with van der Waals surface area (Å²) in [5, 5.41) is 0.366. The van der Waals surface area contributed by atoms with E-state index in [2.05, 4.69) is 9.88 Å². The van der Waals surface area contributed by atoms with Crippen molar-refractivity contribution in [3.8, 4) is 0 Å². The maximum absolute atomic E-state index is 12.5. The molecule has 3 heterocycles. The first-order valence-electron chi connectivity index (χ1n) is 8.61. The fourth-order valence-electron chi connectivity index (χ4n) is 3.72. The minimum Gasteiger partial charge on any atom is -0.444 e. The number of ether oxygens (including phenoxy) is 1. The number of carbonyl (C=O) groups is 2. The molecule has 0 aliphatic carbocycles. The molecule has 1 amide bonds. The molecule has 0 bridgehead atoms. The summed E-state index contributed by atoms with van der Waals surface area (Å²) in [5.41, 5.74) is 0.0600. The lowest BCUT2D eigenvalue weighted by atomic mass is 10.1. The van der Waals surface area contributed by atoms with Crippen LogP contribution in [0.2, 0.25) is 5.15 Å². The van der Waals surface area contributed by atoms with Crippen LogP contribution >= 0.6 is 11.6 Å². The van der Waals surface area contributed by atoms with Crippen LogP contribution in [0.5, 0.6) is 0 Å². The van der Waals surface area contributed by atoms with Gasteiger partial charge in [-0.25, -0.2) is 9.78 Å². The molecule has 0 saturated carbocycles. The summed E-state index contributed by atoms with van der Waals surface area (Å²) in [6.45, 7) is 8.53. The maximum atomic E-state index is 12.5. The Bertz CT molecular complexity index is 701. The second-order valence-electron chi connectivity index (χ2n) is 7.64. The van der Waals surface area contributed by atoms with Crippen molar-refractivity contribution >= 4 is 29.3 Å². The topological polar surface area (TPSA) is 62.7 Å². The number of amides is 1. The van der Waals surface area contributed by atoms with Crippen LogP contribution in [0.3, 0.4) is 0 Å². The lowest BCUT2D eigenvalue weighted by Gasteiger charge is -2.29. The van der Waals surface area contributed by atoms with Gasteiger partial charge in [-0.3, -0.25) is 4.79 Å². The van der Waals surface area contributed by atoms with Crippen LogP contribution in [0.15, 0.2) is 12.1 Å². The average Bonchev–Trinajstić information content (AvgIpc) is 3.05. The van der Waals surface area contributed by atoms with Crippen molar-refractivity contribution in [3.05, 3.63) is 22.8 Å². The molecule has 136 valence electrons. The monoisotopic (exact) mass is 365 g/mol. The lowest BCUT2D eigenvalue weighted by Crippen LogP contribution is -2.42. The summed E-state index contributed by atoms with van der Waals surface area (Å²) in [6, 6.07) is 3.57. The molecular weight excluding hydrogens is 342 g/mol. The first-order valence-corrected chi connectivity index (χ1v) is 8.99. The van der Waals surface area contributed by atoms with Crippen LogP contribution < -0.4 is 4.90 Å². The van der Waals surface area contributed by atoms with Crippen molar-refractivity contribution in [2.75, 3.05) is 18.0 Å². The number of pyridine rings is 1. The van der Waals surface area contributed by atoms with E-state index in [4.69, 9.17) is 16.3 Å². The number of anilines is 1. The summed E-state index contributed by atoms with van der Waals surface area (Å²) in [6.07, 6.45) is 1.39. The summed E-state index contributed by atoms with van der Waals surface area (Å²) in [4.78, 5) is 32.8. The number of fused-ring (bicyclic) bond motifs is 1. The van der Waals surface area contributed by atoms with Gasteiger partial charge in [0.25, 0.3) is 0 Å². The van der Waals surface area contributed by atoms with Crippen LogP contribution in [-0.4, -0.2) is 52.5 Å². The van der Waals surface area contributed by atoms with Gasteiger partial charge in [-0.2, -0.15) is 0 Å². The Hall–Kier alpha value is -1.82. The molecule has 1 aromatic heterocycles. The molecule has 1 aromatic rings. The van der Waals surface area contributed by atoms with Gasteiger partial charge in [0.15, 0.2) is 5.78 Å². The third-order valence-corrected chi connectivity index (χ3v) is 4.91. The maximum Gasteiger partial charge on any atom is 0.410 e. The zero-order valence-electron chi connectivity index (χ0n) is 15.1. The third kappa shape index (κ3) is 3.59.